The first-order valence-electron chi connectivity index (χ1n) is 10.7. The van der Waals surface area contributed by atoms with Crippen molar-refractivity contribution in [2.24, 2.45) is 0 Å². The number of ether oxygens (including phenoxy) is 2. The molecule has 4 heterocycles. The first kappa shape index (κ1) is 22.2. The normalized spacial score (nSPS) is 27.5. The second kappa shape index (κ2) is 8.47. The molecule has 2 unspecified atom stereocenters. The summed E-state index contributed by atoms with van der Waals surface area (Å²) in [6.45, 7) is 6.67. The zero-order valence-electron chi connectivity index (χ0n) is 18.1. The van der Waals surface area contributed by atoms with Crippen molar-refractivity contribution in [1.82, 2.24) is 9.80 Å². The van der Waals surface area contributed by atoms with Gasteiger partial charge in [0.15, 0.2) is 21.2 Å². The van der Waals surface area contributed by atoms with Gasteiger partial charge in [-0.1, -0.05) is 47.9 Å². The zero-order valence-corrected chi connectivity index (χ0v) is 19.7. The van der Waals surface area contributed by atoms with E-state index in [1.165, 1.54) is 21.6 Å². The molecule has 0 saturated carbocycles. The minimum Gasteiger partial charge on any atom is -0.454 e. The standard InChI is InChI=1S/C22H27N3O4S2/c1-4-6-12-24-20(27)22(10-7-11-23)25(19(26)21(24,3)30-31-22)16(5-2)15-8-9-17-18(13-15)29-14-28-17/h8-9,13,16H,4-7,10,12,14H2,1-3H3/t16?,21?,22-/m0/s1. The molecule has 0 spiro atoms. The van der Waals surface area contributed by atoms with Gasteiger partial charge in [0.2, 0.25) is 6.79 Å². The second-order valence-corrected chi connectivity index (χ2v) is 10.9. The smallest absolute Gasteiger partial charge is 0.261 e. The van der Waals surface area contributed by atoms with Crippen LogP contribution in [0.4, 0.5) is 0 Å². The number of hydrogen-bond donors (Lipinski definition) is 0. The number of amides is 2. The fraction of sp³-hybridized carbons (Fsp3) is 0.591. The van der Waals surface area contributed by atoms with Gasteiger partial charge in [-0.05, 0) is 37.5 Å². The van der Waals surface area contributed by atoms with Crippen LogP contribution in [0.25, 0.3) is 0 Å². The SMILES string of the molecule is CCCCN1C(=O)[C@]2(CCC#N)SSC1(C)C(=O)N2C(CC)c1ccc2c(c1)OCO2. The monoisotopic (exact) mass is 461 g/mol. The first-order chi connectivity index (χ1) is 14.9. The molecule has 0 aliphatic carbocycles. The summed E-state index contributed by atoms with van der Waals surface area (Å²) in [5, 5.41) is 9.31. The van der Waals surface area contributed by atoms with E-state index in [-0.39, 0.29) is 31.1 Å². The van der Waals surface area contributed by atoms with E-state index in [9.17, 15) is 14.9 Å². The van der Waals surface area contributed by atoms with Crippen LogP contribution >= 0.6 is 21.6 Å². The van der Waals surface area contributed by atoms with Crippen LogP contribution in [0.2, 0.25) is 0 Å². The third-order valence-corrected chi connectivity index (χ3v) is 9.94. The van der Waals surface area contributed by atoms with Crippen LogP contribution in [0.1, 0.15) is 64.5 Å². The molecule has 0 radical (unpaired) electrons. The summed E-state index contributed by atoms with van der Waals surface area (Å²) in [5.41, 5.74) is 0.908. The number of rotatable bonds is 8. The van der Waals surface area contributed by atoms with Crippen LogP contribution in [0.15, 0.2) is 18.2 Å². The summed E-state index contributed by atoms with van der Waals surface area (Å²) in [5.74, 6) is 1.22. The second-order valence-electron chi connectivity index (χ2n) is 8.11. The average molecular weight is 462 g/mol. The summed E-state index contributed by atoms with van der Waals surface area (Å²) >= 11 is 0. The molecule has 31 heavy (non-hydrogen) atoms. The molecular formula is C22H27N3O4S2. The summed E-state index contributed by atoms with van der Waals surface area (Å²) in [6, 6.07) is 7.58. The van der Waals surface area contributed by atoms with Gasteiger partial charge in [-0.15, -0.1) is 0 Å². The fourth-order valence-electron chi connectivity index (χ4n) is 4.52. The van der Waals surface area contributed by atoms with Crippen LogP contribution in [0.5, 0.6) is 11.5 Å². The Morgan fingerprint density at radius 2 is 1.97 bits per heavy atom. The van der Waals surface area contributed by atoms with Crippen molar-refractivity contribution in [1.29, 1.82) is 5.26 Å². The van der Waals surface area contributed by atoms with Crippen molar-refractivity contribution in [2.75, 3.05) is 13.3 Å². The van der Waals surface area contributed by atoms with Crippen LogP contribution in [-0.2, 0) is 9.59 Å². The molecule has 3 fully saturated rings. The summed E-state index contributed by atoms with van der Waals surface area (Å²) in [4.78, 5) is 29.3. The number of carbonyl (C=O) groups is 2. The summed E-state index contributed by atoms with van der Waals surface area (Å²) in [7, 11) is 2.90. The molecule has 5 rings (SSSR count). The van der Waals surface area contributed by atoms with E-state index in [2.05, 4.69) is 13.0 Å². The van der Waals surface area contributed by atoms with E-state index >= 15 is 0 Å². The highest BCUT2D eigenvalue weighted by Crippen LogP contribution is 2.62. The third kappa shape index (κ3) is 3.35. The lowest BCUT2D eigenvalue weighted by molar-refractivity contribution is -0.170. The number of nitriles is 1. The molecule has 0 aromatic heterocycles. The Morgan fingerprint density at radius 3 is 2.68 bits per heavy atom. The van der Waals surface area contributed by atoms with E-state index in [4.69, 9.17) is 9.47 Å². The first-order valence-corrected chi connectivity index (χ1v) is 12.9. The Labute approximate surface area is 190 Å². The van der Waals surface area contributed by atoms with E-state index in [1.54, 1.807) is 9.80 Å². The quantitative estimate of drug-likeness (QED) is 0.529. The van der Waals surface area contributed by atoms with Crippen molar-refractivity contribution in [3.8, 4) is 17.6 Å². The van der Waals surface area contributed by atoms with Gasteiger partial charge in [-0.2, -0.15) is 5.26 Å². The van der Waals surface area contributed by atoms with Gasteiger partial charge in [0.1, 0.15) is 0 Å². The molecule has 3 atom stereocenters. The van der Waals surface area contributed by atoms with Gasteiger partial charge < -0.3 is 19.3 Å². The van der Waals surface area contributed by atoms with E-state index < -0.39 is 9.74 Å². The van der Waals surface area contributed by atoms with Crippen molar-refractivity contribution in [3.63, 3.8) is 0 Å². The highest BCUT2D eigenvalue weighted by Gasteiger charge is 2.68. The predicted molar refractivity (Wildman–Crippen MR) is 120 cm³/mol. The number of carbonyl (C=O) groups excluding carboxylic acids is 2. The van der Waals surface area contributed by atoms with Crippen LogP contribution in [-0.4, -0.2) is 44.7 Å². The Hall–Kier alpha value is -2.05. The topological polar surface area (TPSA) is 82.9 Å². The van der Waals surface area contributed by atoms with Crippen molar-refractivity contribution >= 4 is 33.4 Å². The highest BCUT2D eigenvalue weighted by atomic mass is 33.1. The van der Waals surface area contributed by atoms with Gasteiger partial charge in [-0.3, -0.25) is 9.59 Å². The molecule has 4 aliphatic rings. The molecule has 2 bridgehead atoms. The lowest BCUT2D eigenvalue weighted by atomic mass is 9.92. The van der Waals surface area contributed by atoms with Crippen molar-refractivity contribution in [2.45, 2.75) is 68.7 Å². The molecule has 3 saturated heterocycles. The van der Waals surface area contributed by atoms with E-state index in [0.717, 1.165) is 18.4 Å². The summed E-state index contributed by atoms with van der Waals surface area (Å²) in [6.07, 6.45) is 2.94. The average Bonchev–Trinajstić information content (AvgIpc) is 3.24. The van der Waals surface area contributed by atoms with Crippen molar-refractivity contribution in [3.05, 3.63) is 23.8 Å². The molecule has 7 nitrogen and oxygen atoms in total. The Bertz CT molecular complexity index is 936. The number of piperazine rings is 1. The summed E-state index contributed by atoms with van der Waals surface area (Å²) < 4.78 is 11.0. The molecule has 9 heteroatoms. The molecule has 166 valence electrons. The molecular weight excluding hydrogens is 434 g/mol. The minimum absolute atomic E-state index is 0.0544. The molecule has 2 amide bonds. The number of benzene rings is 1. The van der Waals surface area contributed by atoms with E-state index in [0.29, 0.717) is 30.9 Å². The molecule has 4 aliphatic heterocycles. The van der Waals surface area contributed by atoms with Gasteiger partial charge in [0.25, 0.3) is 11.8 Å². The maximum atomic E-state index is 14.0. The third-order valence-electron chi connectivity index (χ3n) is 6.23. The number of unbranched alkanes of at least 4 members (excludes halogenated alkanes) is 1. The van der Waals surface area contributed by atoms with Crippen LogP contribution in [0, 0.1) is 11.3 Å². The minimum atomic E-state index is -1.08. The van der Waals surface area contributed by atoms with Gasteiger partial charge >= 0.3 is 0 Å². The van der Waals surface area contributed by atoms with E-state index in [1.807, 2.05) is 32.0 Å². The predicted octanol–water partition coefficient (Wildman–Crippen LogP) is 4.45. The number of hydrogen-bond acceptors (Lipinski definition) is 7. The maximum absolute atomic E-state index is 14.0. The number of fused-ring (bicyclic) bond motifs is 4. The van der Waals surface area contributed by atoms with Gasteiger partial charge in [-0.25, -0.2) is 0 Å². The molecule has 0 N–H and O–H groups in total. The zero-order chi connectivity index (χ0) is 22.2. The largest absolute Gasteiger partial charge is 0.454 e. The fourth-order valence-corrected chi connectivity index (χ4v) is 8.00. The lowest BCUT2D eigenvalue weighted by Crippen LogP contribution is -2.76. The van der Waals surface area contributed by atoms with Gasteiger partial charge in [0.05, 0.1) is 12.1 Å². The Morgan fingerprint density at radius 1 is 1.19 bits per heavy atom. The van der Waals surface area contributed by atoms with Gasteiger partial charge in [0, 0.05) is 19.4 Å². The van der Waals surface area contributed by atoms with Crippen molar-refractivity contribution < 1.29 is 19.1 Å². The lowest BCUT2D eigenvalue weighted by Gasteiger charge is -2.61. The van der Waals surface area contributed by atoms with Crippen LogP contribution < -0.4 is 9.47 Å². The Kier molecular flexibility index (Phi) is 6.05. The molecule has 1 aromatic rings. The van der Waals surface area contributed by atoms with Crippen LogP contribution in [0.3, 0.4) is 0 Å². The maximum Gasteiger partial charge on any atom is 0.261 e. The Balaban J connectivity index is 1.78. The molecule has 1 aromatic carbocycles. The highest BCUT2D eigenvalue weighted by molar-refractivity contribution is 8.78. The number of nitrogens with zero attached hydrogens (tertiary/aromatic N) is 3.